The second kappa shape index (κ2) is 9.38. The number of nitrogens with zero attached hydrogens (tertiary/aromatic N) is 3. The second-order valence-corrected chi connectivity index (χ2v) is 9.99. The van der Waals surface area contributed by atoms with Gasteiger partial charge in [0.15, 0.2) is 5.65 Å². The molecule has 0 aliphatic heterocycles. The lowest BCUT2D eigenvalue weighted by Crippen LogP contribution is -2.12. The summed E-state index contributed by atoms with van der Waals surface area (Å²) in [5.41, 5.74) is 2.81. The molecule has 0 aliphatic rings. The van der Waals surface area contributed by atoms with E-state index in [1.165, 1.54) is 22.2 Å². The first kappa shape index (κ1) is 22.9. The van der Waals surface area contributed by atoms with E-state index in [1.54, 1.807) is 55.0 Å². The van der Waals surface area contributed by atoms with E-state index in [4.69, 9.17) is 0 Å². The maximum absolute atomic E-state index is 13.9. The Morgan fingerprint density at radius 3 is 2.29 bits per heavy atom. The Kier molecular flexibility index (Phi) is 6.13. The quantitative estimate of drug-likeness (QED) is 0.310. The molecule has 0 unspecified atom stereocenters. The zero-order valence-corrected chi connectivity index (χ0v) is 19.4. The number of hydrogen-bond acceptors (Lipinski definition) is 4. The predicted molar refractivity (Wildman–Crippen MR) is 130 cm³/mol. The Hall–Kier alpha value is -3.91. The van der Waals surface area contributed by atoms with Gasteiger partial charge in [-0.25, -0.2) is 26.2 Å². The van der Waals surface area contributed by atoms with Gasteiger partial charge in [0, 0.05) is 41.7 Å². The van der Waals surface area contributed by atoms with Gasteiger partial charge in [0.25, 0.3) is 10.0 Å². The Balaban J connectivity index is 1.39. The molecule has 0 aliphatic carbocycles. The molecule has 5 nitrogen and oxygen atoms in total. The standard InChI is InChI=1S/C27H21F2N3O2S/c28-25-9-4-10-26(29)24(25)14-13-21-12-11-19(17-31-21)16-20-18-32(27-23(20)8-5-15-30-27)35(33,34)22-6-2-1-3-7-22/h1-12,15,17-18H,13-14,16H2. The summed E-state index contributed by atoms with van der Waals surface area (Å²) in [6.07, 6.45) is 5.94. The highest BCUT2D eigenvalue weighted by Gasteiger charge is 2.22. The van der Waals surface area contributed by atoms with Crippen LogP contribution < -0.4 is 0 Å². The van der Waals surface area contributed by atoms with Gasteiger partial charge in [-0.3, -0.25) is 4.98 Å². The van der Waals surface area contributed by atoms with Crippen LogP contribution in [0.15, 0.2) is 96.3 Å². The van der Waals surface area contributed by atoms with E-state index in [-0.39, 0.29) is 16.9 Å². The largest absolute Gasteiger partial charge is 0.269 e. The van der Waals surface area contributed by atoms with Crippen molar-refractivity contribution in [3.05, 3.63) is 125 Å². The van der Waals surface area contributed by atoms with Gasteiger partial charge in [-0.05, 0) is 66.4 Å². The van der Waals surface area contributed by atoms with Crippen molar-refractivity contribution < 1.29 is 17.2 Å². The third kappa shape index (κ3) is 4.57. The van der Waals surface area contributed by atoms with Crippen molar-refractivity contribution in [2.24, 2.45) is 0 Å². The predicted octanol–water partition coefficient (Wildman–Crippen LogP) is 5.32. The molecule has 5 aromatic rings. The number of aromatic nitrogens is 3. The van der Waals surface area contributed by atoms with Gasteiger partial charge in [-0.15, -0.1) is 0 Å². The summed E-state index contributed by atoms with van der Waals surface area (Å²) in [6, 6.07) is 19.4. The highest BCUT2D eigenvalue weighted by molar-refractivity contribution is 7.90. The molecule has 0 radical (unpaired) electrons. The molecule has 0 amide bonds. The molecule has 0 N–H and O–H groups in total. The van der Waals surface area contributed by atoms with E-state index in [2.05, 4.69) is 9.97 Å². The van der Waals surface area contributed by atoms with Gasteiger partial charge in [0.1, 0.15) is 11.6 Å². The third-order valence-corrected chi connectivity index (χ3v) is 7.55. The lowest BCUT2D eigenvalue weighted by molar-refractivity contribution is 0.554. The molecular formula is C27H21F2N3O2S. The van der Waals surface area contributed by atoms with Crippen LogP contribution in [0, 0.1) is 11.6 Å². The Morgan fingerprint density at radius 2 is 1.57 bits per heavy atom. The Morgan fingerprint density at radius 1 is 0.800 bits per heavy atom. The minimum atomic E-state index is -3.81. The zero-order valence-electron chi connectivity index (χ0n) is 18.6. The van der Waals surface area contributed by atoms with Crippen molar-refractivity contribution in [2.45, 2.75) is 24.2 Å². The van der Waals surface area contributed by atoms with E-state index in [9.17, 15) is 17.2 Å². The summed E-state index contributed by atoms with van der Waals surface area (Å²) in [5.74, 6) is -1.12. The molecule has 35 heavy (non-hydrogen) atoms. The summed E-state index contributed by atoms with van der Waals surface area (Å²) in [6.45, 7) is 0. The number of fused-ring (bicyclic) bond motifs is 1. The lowest BCUT2D eigenvalue weighted by Gasteiger charge is -2.06. The van der Waals surface area contributed by atoms with Gasteiger partial charge in [-0.1, -0.05) is 30.3 Å². The molecule has 3 heterocycles. The van der Waals surface area contributed by atoms with Gasteiger partial charge in [-0.2, -0.15) is 0 Å². The van der Waals surface area contributed by atoms with E-state index < -0.39 is 21.7 Å². The topological polar surface area (TPSA) is 64.8 Å². The van der Waals surface area contributed by atoms with Gasteiger partial charge < -0.3 is 0 Å². The van der Waals surface area contributed by atoms with Crippen LogP contribution in [0.5, 0.6) is 0 Å². The average molecular weight is 490 g/mol. The zero-order chi connectivity index (χ0) is 24.4. The van der Waals surface area contributed by atoms with Gasteiger partial charge >= 0.3 is 0 Å². The van der Waals surface area contributed by atoms with Crippen molar-refractivity contribution in [2.75, 3.05) is 0 Å². The minimum absolute atomic E-state index is 0.0540. The van der Waals surface area contributed by atoms with Crippen LogP contribution in [0.4, 0.5) is 8.78 Å². The van der Waals surface area contributed by atoms with E-state index in [0.29, 0.717) is 24.2 Å². The highest BCUT2D eigenvalue weighted by Crippen LogP contribution is 2.26. The third-order valence-electron chi connectivity index (χ3n) is 5.89. The monoisotopic (exact) mass is 489 g/mol. The summed E-state index contributed by atoms with van der Waals surface area (Å²) in [4.78, 5) is 8.96. The first-order valence-electron chi connectivity index (χ1n) is 11.1. The number of aryl methyl sites for hydroxylation is 1. The molecule has 5 rings (SSSR count). The molecule has 3 aromatic heterocycles. The summed E-state index contributed by atoms with van der Waals surface area (Å²) in [5, 5.41) is 0.742. The molecule has 0 fully saturated rings. The summed E-state index contributed by atoms with van der Waals surface area (Å²) in [7, 11) is -3.81. The van der Waals surface area contributed by atoms with Gasteiger partial charge in [0.05, 0.1) is 4.90 Å². The van der Waals surface area contributed by atoms with Crippen LogP contribution in [0.3, 0.4) is 0 Å². The number of hydrogen-bond donors (Lipinski definition) is 0. The van der Waals surface area contributed by atoms with Crippen LogP contribution in [0.25, 0.3) is 11.0 Å². The first-order valence-corrected chi connectivity index (χ1v) is 12.5. The van der Waals surface area contributed by atoms with Crippen molar-refractivity contribution in [1.29, 1.82) is 0 Å². The van der Waals surface area contributed by atoms with Crippen molar-refractivity contribution in [1.82, 2.24) is 13.9 Å². The first-order chi connectivity index (χ1) is 16.9. The fourth-order valence-corrected chi connectivity index (χ4v) is 5.44. The van der Waals surface area contributed by atoms with Crippen LogP contribution >= 0.6 is 0 Å². The van der Waals surface area contributed by atoms with Crippen molar-refractivity contribution in [3.63, 3.8) is 0 Å². The molecular weight excluding hydrogens is 468 g/mol. The van der Waals surface area contributed by atoms with E-state index >= 15 is 0 Å². The fourth-order valence-electron chi connectivity index (χ4n) is 4.08. The van der Waals surface area contributed by atoms with Gasteiger partial charge in [0.2, 0.25) is 0 Å². The van der Waals surface area contributed by atoms with Crippen LogP contribution in [0.1, 0.15) is 22.4 Å². The molecule has 0 saturated carbocycles. The maximum Gasteiger partial charge on any atom is 0.269 e. The maximum atomic E-state index is 13.9. The molecule has 0 saturated heterocycles. The minimum Gasteiger partial charge on any atom is -0.261 e. The fraction of sp³-hybridized carbons (Fsp3) is 0.111. The number of halogens is 2. The number of pyridine rings is 2. The number of rotatable bonds is 7. The van der Waals surface area contributed by atoms with Crippen molar-refractivity contribution >= 4 is 21.1 Å². The normalized spacial score (nSPS) is 11.7. The highest BCUT2D eigenvalue weighted by atomic mass is 32.2. The molecule has 176 valence electrons. The van der Waals surface area contributed by atoms with Crippen LogP contribution in [0.2, 0.25) is 0 Å². The molecule has 8 heteroatoms. The Bertz CT molecular complexity index is 1580. The molecule has 0 spiro atoms. The smallest absolute Gasteiger partial charge is 0.261 e. The lowest BCUT2D eigenvalue weighted by atomic mass is 10.0. The Labute approximate surface area is 201 Å². The number of benzene rings is 2. The molecule has 0 atom stereocenters. The van der Waals surface area contributed by atoms with Crippen LogP contribution in [-0.2, 0) is 29.3 Å². The molecule has 0 bridgehead atoms. The molecule has 2 aromatic carbocycles. The summed E-state index contributed by atoms with van der Waals surface area (Å²) >= 11 is 0. The van der Waals surface area contributed by atoms with E-state index in [1.807, 2.05) is 18.2 Å². The average Bonchev–Trinajstić information content (AvgIpc) is 3.24. The second-order valence-electron chi connectivity index (χ2n) is 8.18. The van der Waals surface area contributed by atoms with E-state index in [0.717, 1.165) is 16.5 Å². The van der Waals surface area contributed by atoms with Crippen LogP contribution in [-0.4, -0.2) is 22.4 Å². The summed E-state index contributed by atoms with van der Waals surface area (Å²) < 4.78 is 55.5. The SMILES string of the molecule is O=S(=O)(c1ccccc1)n1cc(Cc2ccc(CCc3c(F)cccc3F)nc2)c2cccnc21. The van der Waals surface area contributed by atoms with Crippen molar-refractivity contribution in [3.8, 4) is 0 Å².